The molecule has 1 saturated heterocycles. The molecule has 1 aliphatic rings. The second-order valence-electron chi connectivity index (χ2n) is 3.82. The van der Waals surface area contributed by atoms with Crippen LogP contribution in [0.4, 0.5) is 0 Å². The first kappa shape index (κ1) is 12.8. The number of aromatic nitrogens is 2. The SMILES string of the molecule is NC(=O)c1[nH]cnc1O[C@@H]1OC[C@@H](O)[C@@H](O)[C@H]1O. The maximum atomic E-state index is 11.0. The van der Waals surface area contributed by atoms with Crippen molar-refractivity contribution < 1.29 is 29.6 Å². The molecule has 2 rings (SSSR count). The van der Waals surface area contributed by atoms with Crippen molar-refractivity contribution in [3.05, 3.63) is 12.0 Å². The number of carbonyl (C=O) groups excluding carboxylic acids is 1. The van der Waals surface area contributed by atoms with E-state index in [2.05, 4.69) is 9.97 Å². The van der Waals surface area contributed by atoms with Crippen LogP contribution in [0.5, 0.6) is 5.88 Å². The first-order valence-electron chi connectivity index (χ1n) is 5.16. The van der Waals surface area contributed by atoms with Crippen LogP contribution in [0, 0.1) is 0 Å². The molecule has 1 aliphatic heterocycles. The fraction of sp³-hybridized carbons (Fsp3) is 0.556. The summed E-state index contributed by atoms with van der Waals surface area (Å²) in [4.78, 5) is 17.2. The number of amides is 1. The van der Waals surface area contributed by atoms with Gasteiger partial charge in [0.25, 0.3) is 5.91 Å². The van der Waals surface area contributed by atoms with Crippen molar-refractivity contribution >= 4 is 5.91 Å². The number of carbonyl (C=O) groups is 1. The Morgan fingerprint density at radius 3 is 2.89 bits per heavy atom. The number of imidazole rings is 1. The minimum atomic E-state index is -1.47. The standard InChI is InChI=1S/C9H13N3O6/c10-7(16)4-8(12-2-11-4)18-9-6(15)5(14)3(13)1-17-9/h2-3,5-6,9,13-15H,1H2,(H2,10,16)(H,11,12)/t3-,5-,6-,9+/m1/s1. The zero-order valence-corrected chi connectivity index (χ0v) is 9.18. The van der Waals surface area contributed by atoms with Gasteiger partial charge >= 0.3 is 0 Å². The minimum absolute atomic E-state index is 0.0774. The third-order valence-electron chi connectivity index (χ3n) is 2.53. The van der Waals surface area contributed by atoms with Crippen molar-refractivity contribution in [3.8, 4) is 5.88 Å². The molecular weight excluding hydrogens is 246 g/mol. The molecule has 9 heteroatoms. The van der Waals surface area contributed by atoms with Gasteiger partial charge in [0, 0.05) is 0 Å². The Kier molecular flexibility index (Phi) is 3.48. The number of nitrogens with zero attached hydrogens (tertiary/aromatic N) is 1. The van der Waals surface area contributed by atoms with Crippen LogP contribution in [0.3, 0.4) is 0 Å². The molecule has 18 heavy (non-hydrogen) atoms. The average molecular weight is 259 g/mol. The summed E-state index contributed by atoms with van der Waals surface area (Å²) in [5.74, 6) is -0.927. The number of hydrogen-bond donors (Lipinski definition) is 5. The second-order valence-corrected chi connectivity index (χ2v) is 3.82. The van der Waals surface area contributed by atoms with E-state index < -0.39 is 30.5 Å². The summed E-state index contributed by atoms with van der Waals surface area (Å²) in [5, 5.41) is 28.3. The van der Waals surface area contributed by atoms with Crippen molar-refractivity contribution in [2.45, 2.75) is 24.6 Å². The number of rotatable bonds is 3. The van der Waals surface area contributed by atoms with Gasteiger partial charge in [-0.05, 0) is 0 Å². The average Bonchev–Trinajstić information content (AvgIpc) is 2.78. The summed E-state index contributed by atoms with van der Waals surface area (Å²) in [6, 6.07) is 0. The van der Waals surface area contributed by atoms with Crippen LogP contribution in [-0.4, -0.2) is 62.4 Å². The van der Waals surface area contributed by atoms with E-state index in [1.165, 1.54) is 6.33 Å². The number of nitrogens with one attached hydrogen (secondary N) is 1. The first-order valence-corrected chi connectivity index (χ1v) is 5.16. The zero-order chi connectivity index (χ0) is 13.3. The predicted octanol–water partition coefficient (Wildman–Crippen LogP) is -2.67. The highest BCUT2D eigenvalue weighted by Gasteiger charge is 2.39. The van der Waals surface area contributed by atoms with Crippen molar-refractivity contribution in [2.24, 2.45) is 5.73 Å². The molecule has 2 heterocycles. The number of aliphatic hydroxyl groups excluding tert-OH is 3. The second kappa shape index (κ2) is 4.90. The van der Waals surface area contributed by atoms with E-state index in [-0.39, 0.29) is 18.2 Å². The van der Waals surface area contributed by atoms with E-state index in [1.54, 1.807) is 0 Å². The predicted molar refractivity (Wildman–Crippen MR) is 55.5 cm³/mol. The van der Waals surface area contributed by atoms with E-state index in [0.29, 0.717) is 0 Å². The number of primary amides is 1. The lowest BCUT2D eigenvalue weighted by atomic mass is 10.1. The Hall–Kier alpha value is -1.68. The van der Waals surface area contributed by atoms with E-state index >= 15 is 0 Å². The molecule has 9 nitrogen and oxygen atoms in total. The number of ether oxygens (including phenoxy) is 2. The lowest BCUT2D eigenvalue weighted by Gasteiger charge is -2.34. The van der Waals surface area contributed by atoms with Gasteiger partial charge in [-0.25, -0.2) is 4.98 Å². The summed E-state index contributed by atoms with van der Waals surface area (Å²) >= 11 is 0. The lowest BCUT2D eigenvalue weighted by Crippen LogP contribution is -2.54. The Morgan fingerprint density at radius 2 is 2.22 bits per heavy atom. The number of hydrogen-bond acceptors (Lipinski definition) is 7. The van der Waals surface area contributed by atoms with Crippen LogP contribution in [0.2, 0.25) is 0 Å². The van der Waals surface area contributed by atoms with Gasteiger partial charge in [-0.3, -0.25) is 4.79 Å². The lowest BCUT2D eigenvalue weighted by molar-refractivity contribution is -0.242. The molecule has 0 aromatic carbocycles. The summed E-state index contributed by atoms with van der Waals surface area (Å²) in [6.45, 7) is -0.209. The van der Waals surface area contributed by atoms with Gasteiger partial charge in [-0.1, -0.05) is 0 Å². The highest BCUT2D eigenvalue weighted by Crippen LogP contribution is 2.20. The summed E-state index contributed by atoms with van der Waals surface area (Å²) in [5.41, 5.74) is 4.99. The first-order chi connectivity index (χ1) is 8.50. The third-order valence-corrected chi connectivity index (χ3v) is 2.53. The van der Waals surface area contributed by atoms with Crippen LogP contribution in [0.15, 0.2) is 6.33 Å². The Balaban J connectivity index is 2.09. The number of aromatic amines is 1. The fourth-order valence-corrected chi connectivity index (χ4v) is 1.54. The number of H-pyrrole nitrogens is 1. The van der Waals surface area contributed by atoms with E-state index in [1.807, 2.05) is 0 Å². The Bertz CT molecular complexity index is 436. The molecule has 0 aliphatic carbocycles. The van der Waals surface area contributed by atoms with E-state index in [0.717, 1.165) is 0 Å². The Morgan fingerprint density at radius 1 is 1.50 bits per heavy atom. The maximum Gasteiger partial charge on any atom is 0.270 e. The van der Waals surface area contributed by atoms with E-state index in [9.17, 15) is 20.1 Å². The number of aliphatic hydroxyl groups is 3. The van der Waals surface area contributed by atoms with Crippen LogP contribution in [0.1, 0.15) is 10.5 Å². The molecule has 4 atom stereocenters. The van der Waals surface area contributed by atoms with Gasteiger partial charge in [0.1, 0.15) is 18.3 Å². The smallest absolute Gasteiger partial charge is 0.270 e. The molecule has 1 aromatic rings. The zero-order valence-electron chi connectivity index (χ0n) is 9.18. The largest absolute Gasteiger partial charge is 0.443 e. The van der Waals surface area contributed by atoms with Gasteiger partial charge < -0.3 is 35.5 Å². The molecule has 100 valence electrons. The van der Waals surface area contributed by atoms with Gasteiger partial charge in [0.2, 0.25) is 12.2 Å². The van der Waals surface area contributed by atoms with Crippen LogP contribution in [0.25, 0.3) is 0 Å². The van der Waals surface area contributed by atoms with E-state index in [4.69, 9.17) is 15.2 Å². The molecule has 0 bridgehead atoms. The molecule has 0 radical (unpaired) electrons. The molecule has 0 saturated carbocycles. The molecule has 0 unspecified atom stereocenters. The Labute approximate surface area is 101 Å². The molecule has 6 N–H and O–H groups in total. The monoisotopic (exact) mass is 259 g/mol. The van der Waals surface area contributed by atoms with Crippen LogP contribution >= 0.6 is 0 Å². The van der Waals surface area contributed by atoms with Crippen molar-refractivity contribution in [2.75, 3.05) is 6.61 Å². The molecule has 0 spiro atoms. The van der Waals surface area contributed by atoms with Gasteiger partial charge in [0.05, 0.1) is 12.9 Å². The highest BCUT2D eigenvalue weighted by atomic mass is 16.7. The van der Waals surface area contributed by atoms with Gasteiger partial charge in [-0.15, -0.1) is 0 Å². The normalized spacial score (nSPS) is 32.2. The topological polar surface area (TPSA) is 151 Å². The fourth-order valence-electron chi connectivity index (χ4n) is 1.54. The van der Waals surface area contributed by atoms with Crippen LogP contribution < -0.4 is 10.5 Å². The summed E-state index contributed by atoms with van der Waals surface area (Å²) in [7, 11) is 0. The van der Waals surface area contributed by atoms with Crippen molar-refractivity contribution in [3.63, 3.8) is 0 Å². The molecule has 1 amide bonds. The molecular formula is C9H13N3O6. The van der Waals surface area contributed by atoms with Gasteiger partial charge in [-0.2, -0.15) is 0 Å². The van der Waals surface area contributed by atoms with Crippen molar-refractivity contribution in [1.82, 2.24) is 9.97 Å². The minimum Gasteiger partial charge on any atom is -0.443 e. The highest BCUT2D eigenvalue weighted by molar-refractivity contribution is 5.93. The van der Waals surface area contributed by atoms with Gasteiger partial charge in [0.15, 0.2) is 5.69 Å². The summed E-state index contributed by atoms with van der Waals surface area (Å²) in [6.07, 6.45) is -4.12. The molecule has 1 aromatic heterocycles. The quantitative estimate of drug-likeness (QED) is 0.397. The number of nitrogens with two attached hydrogens (primary N) is 1. The van der Waals surface area contributed by atoms with Crippen LogP contribution in [-0.2, 0) is 4.74 Å². The maximum absolute atomic E-state index is 11.0. The summed E-state index contributed by atoms with van der Waals surface area (Å²) < 4.78 is 10.1. The third kappa shape index (κ3) is 2.29. The molecule has 1 fully saturated rings. The van der Waals surface area contributed by atoms with Crippen molar-refractivity contribution in [1.29, 1.82) is 0 Å².